The van der Waals surface area contributed by atoms with Gasteiger partial charge >= 0.3 is 12.3 Å². The molecule has 0 bridgehead atoms. The molecule has 1 aromatic heterocycles. The van der Waals surface area contributed by atoms with Crippen LogP contribution in [0.1, 0.15) is 11.3 Å². The average molecular weight is 283 g/mol. The van der Waals surface area contributed by atoms with Gasteiger partial charge in [-0.25, -0.2) is 9.37 Å². The van der Waals surface area contributed by atoms with E-state index in [4.69, 9.17) is 0 Å². The summed E-state index contributed by atoms with van der Waals surface area (Å²) in [4.78, 5) is 14.3. The Bertz CT molecular complexity index is 475. The molecule has 0 radical (unpaired) electrons. The van der Waals surface area contributed by atoms with Crippen molar-refractivity contribution in [3.8, 4) is 11.6 Å². The number of hydrogen-bond acceptors (Lipinski definition) is 5. The summed E-state index contributed by atoms with van der Waals surface area (Å²) in [5.74, 6) is -2.49. The number of aromatic hydroxyl groups is 1. The third-order valence-electron chi connectivity index (χ3n) is 2.01. The number of carbonyl (C=O) groups is 1. The van der Waals surface area contributed by atoms with Crippen molar-refractivity contribution in [2.45, 2.75) is 19.5 Å². The van der Waals surface area contributed by atoms with E-state index < -0.39 is 48.3 Å². The number of alkyl halides is 4. The zero-order valence-corrected chi connectivity index (χ0v) is 9.62. The fraction of sp³-hybridized carbons (Fsp3) is 0.400. The predicted molar refractivity (Wildman–Crippen MR) is 53.1 cm³/mol. The van der Waals surface area contributed by atoms with Crippen molar-refractivity contribution in [2.24, 2.45) is 0 Å². The molecule has 1 heterocycles. The lowest BCUT2D eigenvalue weighted by molar-refractivity contribution is -0.276. The monoisotopic (exact) mass is 283 g/mol. The molecule has 0 unspecified atom stereocenters. The molecule has 106 valence electrons. The van der Waals surface area contributed by atoms with Gasteiger partial charge in [-0.05, 0) is 6.07 Å². The molecule has 0 aliphatic rings. The predicted octanol–water partition coefficient (Wildman–Crippen LogP) is 1.87. The van der Waals surface area contributed by atoms with Gasteiger partial charge in [0.2, 0.25) is 5.88 Å². The summed E-state index contributed by atoms with van der Waals surface area (Å²) in [6.07, 6.45) is -5.63. The molecule has 1 rings (SSSR count). The van der Waals surface area contributed by atoms with Gasteiger partial charge in [0.15, 0.2) is 0 Å². The summed E-state index contributed by atoms with van der Waals surface area (Å²) in [7, 11) is 1.06. The first-order valence-electron chi connectivity index (χ1n) is 4.87. The van der Waals surface area contributed by atoms with Crippen LogP contribution in [0.3, 0.4) is 0 Å². The average Bonchev–Trinajstić information content (AvgIpc) is 2.30. The number of esters is 1. The van der Waals surface area contributed by atoms with Crippen LogP contribution in [0.4, 0.5) is 17.6 Å². The minimum atomic E-state index is -5.06. The van der Waals surface area contributed by atoms with Crippen LogP contribution in [0.25, 0.3) is 0 Å². The molecule has 0 aromatic carbocycles. The molecule has 0 saturated carbocycles. The van der Waals surface area contributed by atoms with Crippen LogP contribution in [-0.2, 0) is 22.6 Å². The molecular formula is C10H9F4NO4. The minimum Gasteiger partial charge on any atom is -0.506 e. The number of halogens is 4. The van der Waals surface area contributed by atoms with Gasteiger partial charge in [0.25, 0.3) is 0 Å². The van der Waals surface area contributed by atoms with Crippen molar-refractivity contribution in [3.63, 3.8) is 0 Å². The lowest BCUT2D eigenvalue weighted by Crippen LogP contribution is -2.19. The Balaban J connectivity index is 3.14. The summed E-state index contributed by atoms with van der Waals surface area (Å²) < 4.78 is 56.6. The van der Waals surface area contributed by atoms with Crippen molar-refractivity contribution >= 4 is 5.97 Å². The van der Waals surface area contributed by atoms with Gasteiger partial charge < -0.3 is 14.6 Å². The molecule has 9 heteroatoms. The molecule has 5 nitrogen and oxygen atoms in total. The van der Waals surface area contributed by atoms with E-state index in [1.807, 2.05) is 0 Å². The maximum atomic E-state index is 12.5. The normalized spacial score (nSPS) is 11.2. The van der Waals surface area contributed by atoms with E-state index in [9.17, 15) is 27.5 Å². The third-order valence-corrected chi connectivity index (χ3v) is 2.01. The van der Waals surface area contributed by atoms with Gasteiger partial charge in [0.1, 0.15) is 12.4 Å². The van der Waals surface area contributed by atoms with E-state index in [0.29, 0.717) is 6.07 Å². The Labute approximate surface area is 104 Å². The summed E-state index contributed by atoms with van der Waals surface area (Å²) in [5.41, 5.74) is -0.980. The second-order valence-electron chi connectivity index (χ2n) is 3.35. The molecule has 0 fully saturated rings. The third kappa shape index (κ3) is 4.27. The van der Waals surface area contributed by atoms with E-state index in [0.717, 1.165) is 7.11 Å². The summed E-state index contributed by atoms with van der Waals surface area (Å²) >= 11 is 0. The molecule has 0 spiro atoms. The highest BCUT2D eigenvalue weighted by Gasteiger charge is 2.33. The second-order valence-corrected chi connectivity index (χ2v) is 3.35. The first-order valence-corrected chi connectivity index (χ1v) is 4.87. The number of rotatable bonds is 4. The summed E-state index contributed by atoms with van der Waals surface area (Å²) in [6, 6.07) is 0.715. The van der Waals surface area contributed by atoms with E-state index in [2.05, 4.69) is 14.5 Å². The first kappa shape index (κ1) is 15.0. The van der Waals surface area contributed by atoms with E-state index in [1.165, 1.54) is 0 Å². The van der Waals surface area contributed by atoms with Crippen LogP contribution in [0, 0.1) is 0 Å². The van der Waals surface area contributed by atoms with Gasteiger partial charge in [-0.2, -0.15) is 0 Å². The van der Waals surface area contributed by atoms with Crippen molar-refractivity contribution in [1.29, 1.82) is 0 Å². The molecule has 1 aromatic rings. The van der Waals surface area contributed by atoms with Crippen molar-refractivity contribution in [2.75, 3.05) is 7.11 Å². The molecule has 1 N–H and O–H groups in total. The standard InChI is InChI=1S/C10H9F4NO4/c1-18-8(17)3-6-7(16)2-5(4-11)9(15-6)19-10(12,13)14/h2,16H,3-4H2,1H3. The summed E-state index contributed by atoms with van der Waals surface area (Å²) in [6.45, 7) is -1.32. The quantitative estimate of drug-likeness (QED) is 0.675. The molecular weight excluding hydrogens is 274 g/mol. The number of carbonyl (C=O) groups excluding carboxylic acids is 1. The highest BCUT2D eigenvalue weighted by Crippen LogP contribution is 2.29. The Hall–Kier alpha value is -2.06. The SMILES string of the molecule is COC(=O)Cc1nc(OC(F)(F)F)c(CF)cc1O. The first-order chi connectivity index (χ1) is 8.76. The van der Waals surface area contributed by atoms with Gasteiger partial charge in [-0.1, -0.05) is 0 Å². The second kappa shape index (κ2) is 5.72. The van der Waals surface area contributed by atoms with E-state index >= 15 is 0 Å². The van der Waals surface area contributed by atoms with Gasteiger partial charge in [0, 0.05) is 5.56 Å². The molecule has 0 aliphatic heterocycles. The zero-order chi connectivity index (χ0) is 14.6. The van der Waals surface area contributed by atoms with Crippen LogP contribution in [0.15, 0.2) is 6.07 Å². The van der Waals surface area contributed by atoms with Gasteiger partial charge in [0.05, 0.1) is 19.2 Å². The lowest BCUT2D eigenvalue weighted by atomic mass is 10.2. The largest absolute Gasteiger partial charge is 0.574 e. The van der Waals surface area contributed by atoms with Crippen molar-refractivity contribution < 1.29 is 36.9 Å². The highest BCUT2D eigenvalue weighted by atomic mass is 19.4. The van der Waals surface area contributed by atoms with Crippen LogP contribution in [-0.4, -0.2) is 29.5 Å². The number of methoxy groups -OCH3 is 1. The number of ether oxygens (including phenoxy) is 2. The van der Waals surface area contributed by atoms with E-state index in [-0.39, 0.29) is 0 Å². The smallest absolute Gasteiger partial charge is 0.506 e. The molecule has 0 aliphatic carbocycles. The summed E-state index contributed by atoms with van der Waals surface area (Å²) in [5, 5.41) is 9.42. The number of aromatic nitrogens is 1. The molecule has 0 atom stereocenters. The van der Waals surface area contributed by atoms with Crippen LogP contribution in [0.5, 0.6) is 11.6 Å². The van der Waals surface area contributed by atoms with Crippen molar-refractivity contribution in [3.05, 3.63) is 17.3 Å². The van der Waals surface area contributed by atoms with Crippen LogP contribution in [0.2, 0.25) is 0 Å². The van der Waals surface area contributed by atoms with Gasteiger partial charge in [-0.15, -0.1) is 13.2 Å². The van der Waals surface area contributed by atoms with Crippen molar-refractivity contribution in [1.82, 2.24) is 4.98 Å². The van der Waals surface area contributed by atoms with E-state index in [1.54, 1.807) is 0 Å². The molecule has 19 heavy (non-hydrogen) atoms. The number of nitrogens with zero attached hydrogens (tertiary/aromatic N) is 1. The Morgan fingerprint density at radius 3 is 2.58 bits per heavy atom. The molecule has 0 saturated heterocycles. The van der Waals surface area contributed by atoms with Gasteiger partial charge in [-0.3, -0.25) is 4.79 Å². The zero-order valence-electron chi connectivity index (χ0n) is 9.62. The van der Waals surface area contributed by atoms with Crippen LogP contribution >= 0.6 is 0 Å². The fourth-order valence-electron chi connectivity index (χ4n) is 1.19. The maximum absolute atomic E-state index is 12.5. The minimum absolute atomic E-state index is 0.400. The Kier molecular flexibility index (Phi) is 4.52. The fourth-order valence-corrected chi connectivity index (χ4v) is 1.19. The Morgan fingerprint density at radius 2 is 2.11 bits per heavy atom. The Morgan fingerprint density at radius 1 is 1.47 bits per heavy atom. The topological polar surface area (TPSA) is 68.7 Å². The molecule has 0 amide bonds. The lowest BCUT2D eigenvalue weighted by Gasteiger charge is -2.13. The van der Waals surface area contributed by atoms with Crippen LogP contribution < -0.4 is 4.74 Å². The highest BCUT2D eigenvalue weighted by molar-refractivity contribution is 5.72. The maximum Gasteiger partial charge on any atom is 0.574 e. The number of hydrogen-bond donors (Lipinski definition) is 1. The number of pyridine rings is 1.